The highest BCUT2D eigenvalue weighted by atomic mass is 31.2. The van der Waals surface area contributed by atoms with Gasteiger partial charge in [-0.25, -0.2) is 4.57 Å². The molecule has 0 heterocycles. The average Bonchev–Trinajstić information content (AvgIpc) is 3.12. The molecule has 0 saturated heterocycles. The quantitative estimate of drug-likeness (QED) is 0.0240. The molecule has 51 heavy (non-hydrogen) atoms. The molecule has 0 radical (unpaired) electrons. The number of aliphatic hydroxyl groups excluding tert-OH is 2. The van der Waals surface area contributed by atoms with Gasteiger partial charge in [-0.15, -0.1) is 0 Å². The number of hydrogen-bond donors (Lipinski definition) is 3. The fraction of sp³-hybridized carbons (Fsp3) is 0.900. The van der Waals surface area contributed by atoms with Gasteiger partial charge in [0.2, 0.25) is 0 Å². The molecule has 10 nitrogen and oxygen atoms in total. The van der Waals surface area contributed by atoms with Gasteiger partial charge < -0.3 is 24.6 Å². The summed E-state index contributed by atoms with van der Waals surface area (Å²) in [5.41, 5.74) is 0. The van der Waals surface area contributed by atoms with Gasteiger partial charge >= 0.3 is 19.8 Å². The van der Waals surface area contributed by atoms with Crippen molar-refractivity contribution in [3.8, 4) is 0 Å². The highest BCUT2D eigenvalue weighted by Crippen LogP contribution is 2.43. The Balaban J connectivity index is 4.34. The molecule has 302 valence electrons. The highest BCUT2D eigenvalue weighted by molar-refractivity contribution is 7.47. The van der Waals surface area contributed by atoms with Gasteiger partial charge in [-0.1, -0.05) is 167 Å². The first kappa shape index (κ1) is 49.7. The molecular formula is C40H77O10P. The maximum absolute atomic E-state index is 12.6. The van der Waals surface area contributed by atoms with Crippen LogP contribution in [0.4, 0.5) is 0 Å². The molecule has 0 saturated carbocycles. The number of phosphoric acid groups is 1. The van der Waals surface area contributed by atoms with Crippen molar-refractivity contribution < 1.29 is 47.8 Å². The van der Waals surface area contributed by atoms with Gasteiger partial charge in [0.1, 0.15) is 12.7 Å². The lowest BCUT2D eigenvalue weighted by Crippen LogP contribution is -2.29. The van der Waals surface area contributed by atoms with E-state index in [9.17, 15) is 24.2 Å². The zero-order chi connectivity index (χ0) is 37.7. The number of allylic oxidation sites excluding steroid dienone is 2. The second kappa shape index (κ2) is 37.0. The van der Waals surface area contributed by atoms with E-state index in [1.54, 1.807) is 0 Å². The lowest BCUT2D eigenvalue weighted by atomic mass is 10.0. The van der Waals surface area contributed by atoms with E-state index in [2.05, 4.69) is 24.4 Å². The molecule has 3 atom stereocenters. The topological polar surface area (TPSA) is 149 Å². The third-order valence-electron chi connectivity index (χ3n) is 8.93. The Morgan fingerprint density at radius 2 is 1.00 bits per heavy atom. The van der Waals surface area contributed by atoms with Crippen molar-refractivity contribution in [1.82, 2.24) is 0 Å². The zero-order valence-electron chi connectivity index (χ0n) is 32.6. The average molecular weight is 749 g/mol. The third kappa shape index (κ3) is 36.8. The molecule has 0 amide bonds. The van der Waals surface area contributed by atoms with Gasteiger partial charge in [0.15, 0.2) is 6.10 Å². The Labute approximate surface area is 311 Å². The Bertz CT molecular complexity index is 868. The number of hydrogen-bond acceptors (Lipinski definition) is 9. The van der Waals surface area contributed by atoms with Gasteiger partial charge in [-0.3, -0.25) is 18.6 Å². The van der Waals surface area contributed by atoms with E-state index in [0.29, 0.717) is 12.8 Å². The summed E-state index contributed by atoms with van der Waals surface area (Å²) in [5.74, 6) is -0.973. The Hall–Kier alpha value is -1.29. The summed E-state index contributed by atoms with van der Waals surface area (Å²) in [6.07, 6.45) is 33.3. The second-order valence-electron chi connectivity index (χ2n) is 14.0. The predicted octanol–water partition coefficient (Wildman–Crippen LogP) is 10.4. The number of aliphatic hydroxyl groups is 2. The molecule has 0 aliphatic heterocycles. The van der Waals surface area contributed by atoms with Gasteiger partial charge in [0.25, 0.3) is 0 Å². The van der Waals surface area contributed by atoms with Crippen LogP contribution >= 0.6 is 7.82 Å². The molecule has 0 spiro atoms. The first-order chi connectivity index (χ1) is 24.7. The second-order valence-corrected chi connectivity index (χ2v) is 15.5. The minimum Gasteiger partial charge on any atom is -0.462 e. The van der Waals surface area contributed by atoms with Crippen LogP contribution in [0.2, 0.25) is 0 Å². The number of carbonyl (C=O) groups excluding carboxylic acids is 2. The van der Waals surface area contributed by atoms with Crippen LogP contribution in [0.5, 0.6) is 0 Å². The summed E-state index contributed by atoms with van der Waals surface area (Å²) in [4.78, 5) is 34.8. The SMILES string of the molecule is CCCCCCCCCCCCC/C=C/CCC(=O)OC[C@H](COP(=O)(O)OC[C@@H](O)CO)OC(=O)CCCCCCCCCCCCCCC. The van der Waals surface area contributed by atoms with Crippen molar-refractivity contribution in [3.63, 3.8) is 0 Å². The summed E-state index contributed by atoms with van der Waals surface area (Å²) < 4.78 is 32.6. The highest BCUT2D eigenvalue weighted by Gasteiger charge is 2.27. The Morgan fingerprint density at radius 3 is 1.49 bits per heavy atom. The molecule has 0 aliphatic rings. The maximum atomic E-state index is 12.6. The number of carbonyl (C=O) groups is 2. The van der Waals surface area contributed by atoms with E-state index in [1.807, 2.05) is 6.08 Å². The molecule has 1 unspecified atom stereocenters. The van der Waals surface area contributed by atoms with E-state index in [4.69, 9.17) is 19.1 Å². The number of rotatable bonds is 39. The first-order valence-electron chi connectivity index (χ1n) is 20.6. The predicted molar refractivity (Wildman–Crippen MR) is 205 cm³/mol. The van der Waals surface area contributed by atoms with Gasteiger partial charge in [0.05, 0.1) is 19.8 Å². The molecule has 0 fully saturated rings. The van der Waals surface area contributed by atoms with Gasteiger partial charge in [0, 0.05) is 12.8 Å². The van der Waals surface area contributed by atoms with Crippen LogP contribution in [0.3, 0.4) is 0 Å². The van der Waals surface area contributed by atoms with Crippen LogP contribution in [0.15, 0.2) is 12.2 Å². The standard InChI is InChI=1S/C40H77O10P/c1-3-5-7-9-11-13-15-17-18-20-21-23-25-27-29-31-39(43)47-35-38(36-49-51(45,46)48-34-37(42)33-41)50-40(44)32-30-28-26-24-22-19-16-14-12-10-8-6-4-2/h25,27,37-38,41-42H,3-24,26,28-36H2,1-2H3,(H,45,46)/b27-25+/t37-,38+/m0/s1. The largest absolute Gasteiger partial charge is 0.472 e. The van der Waals surface area contributed by atoms with Gasteiger partial charge in [-0.05, 0) is 25.7 Å². The lowest BCUT2D eigenvalue weighted by Gasteiger charge is -2.20. The Morgan fingerprint density at radius 1 is 0.569 bits per heavy atom. The van der Waals surface area contributed by atoms with Crippen LogP contribution in [-0.2, 0) is 32.7 Å². The number of unbranched alkanes of at least 4 members (excludes halogenated alkanes) is 23. The summed E-state index contributed by atoms with van der Waals surface area (Å²) in [6, 6.07) is 0. The normalized spacial score (nSPS) is 14.1. The maximum Gasteiger partial charge on any atom is 0.472 e. The summed E-state index contributed by atoms with van der Waals surface area (Å²) >= 11 is 0. The first-order valence-corrected chi connectivity index (χ1v) is 22.1. The molecule has 3 N–H and O–H groups in total. The van der Waals surface area contributed by atoms with E-state index in [0.717, 1.165) is 32.1 Å². The van der Waals surface area contributed by atoms with E-state index in [1.165, 1.54) is 122 Å². The van der Waals surface area contributed by atoms with Crippen LogP contribution in [-0.4, -0.2) is 65.7 Å². The fourth-order valence-electron chi connectivity index (χ4n) is 5.72. The van der Waals surface area contributed by atoms with Crippen molar-refractivity contribution in [2.45, 2.75) is 206 Å². The minimum absolute atomic E-state index is 0.163. The van der Waals surface area contributed by atoms with E-state index < -0.39 is 51.8 Å². The monoisotopic (exact) mass is 749 g/mol. The Kier molecular flexibility index (Phi) is 36.1. The van der Waals surface area contributed by atoms with Crippen molar-refractivity contribution >= 4 is 19.8 Å². The van der Waals surface area contributed by atoms with Crippen molar-refractivity contribution in [1.29, 1.82) is 0 Å². The van der Waals surface area contributed by atoms with Crippen molar-refractivity contribution in [3.05, 3.63) is 12.2 Å². The molecule has 0 aromatic carbocycles. The van der Waals surface area contributed by atoms with Crippen LogP contribution in [0.25, 0.3) is 0 Å². The van der Waals surface area contributed by atoms with Crippen molar-refractivity contribution in [2.24, 2.45) is 0 Å². The molecule has 0 aromatic rings. The molecule has 0 aliphatic carbocycles. The number of phosphoric ester groups is 1. The van der Waals surface area contributed by atoms with E-state index in [-0.39, 0.29) is 19.4 Å². The summed E-state index contributed by atoms with van der Waals surface area (Å²) in [7, 11) is -4.61. The third-order valence-corrected chi connectivity index (χ3v) is 9.88. The van der Waals surface area contributed by atoms with Crippen LogP contribution in [0, 0.1) is 0 Å². The lowest BCUT2D eigenvalue weighted by molar-refractivity contribution is -0.161. The van der Waals surface area contributed by atoms with Gasteiger partial charge in [-0.2, -0.15) is 0 Å². The van der Waals surface area contributed by atoms with Crippen LogP contribution < -0.4 is 0 Å². The summed E-state index contributed by atoms with van der Waals surface area (Å²) in [6.45, 7) is 2.35. The molecular weight excluding hydrogens is 671 g/mol. The number of esters is 2. The van der Waals surface area contributed by atoms with Crippen molar-refractivity contribution in [2.75, 3.05) is 26.4 Å². The minimum atomic E-state index is -4.61. The van der Waals surface area contributed by atoms with Crippen LogP contribution in [0.1, 0.15) is 194 Å². The molecule has 11 heteroatoms. The smallest absolute Gasteiger partial charge is 0.462 e. The summed E-state index contributed by atoms with van der Waals surface area (Å²) in [5, 5.41) is 18.3. The molecule has 0 rings (SSSR count). The fourth-order valence-corrected chi connectivity index (χ4v) is 6.51. The number of ether oxygens (including phenoxy) is 2. The molecule has 0 aromatic heterocycles. The molecule has 0 bridgehead atoms. The zero-order valence-corrected chi connectivity index (χ0v) is 33.5. The van der Waals surface area contributed by atoms with E-state index >= 15 is 0 Å².